The number of benzene rings is 1. The standard InChI is InChI=1S/C8H7N5O3/c9-11-8(14)5-1-4(13(15)16)2-7-6(5)3-10-12-7/h1-3H,9H2,(H,10,12)(H,11,14). The number of hydrazine groups is 1. The van der Waals surface area contributed by atoms with Gasteiger partial charge in [0.1, 0.15) is 0 Å². The Labute approximate surface area is 88.5 Å². The maximum absolute atomic E-state index is 11.4. The highest BCUT2D eigenvalue weighted by molar-refractivity contribution is 6.06. The Balaban J connectivity index is 2.73. The van der Waals surface area contributed by atoms with E-state index < -0.39 is 10.8 Å². The Morgan fingerprint density at radius 2 is 2.31 bits per heavy atom. The van der Waals surface area contributed by atoms with Gasteiger partial charge < -0.3 is 0 Å². The molecule has 0 saturated carbocycles. The number of hydrogen-bond donors (Lipinski definition) is 3. The molecule has 1 heterocycles. The molecule has 2 rings (SSSR count). The van der Waals surface area contributed by atoms with Crippen molar-refractivity contribution in [1.29, 1.82) is 0 Å². The van der Waals surface area contributed by atoms with E-state index in [-0.39, 0.29) is 11.3 Å². The van der Waals surface area contributed by atoms with Crippen molar-refractivity contribution >= 4 is 22.5 Å². The highest BCUT2D eigenvalue weighted by Crippen LogP contribution is 2.23. The van der Waals surface area contributed by atoms with Crippen LogP contribution in [0.15, 0.2) is 18.3 Å². The quantitative estimate of drug-likeness (QED) is 0.286. The Morgan fingerprint density at radius 3 is 2.94 bits per heavy atom. The molecule has 0 saturated heterocycles. The van der Waals surface area contributed by atoms with Gasteiger partial charge in [0, 0.05) is 17.5 Å². The summed E-state index contributed by atoms with van der Waals surface area (Å²) in [5, 5.41) is 17.4. The summed E-state index contributed by atoms with van der Waals surface area (Å²) < 4.78 is 0. The SMILES string of the molecule is NNC(=O)c1cc([N+](=O)[O-])cc2[nH]ncc12. The smallest absolute Gasteiger partial charge is 0.272 e. The first-order valence-electron chi connectivity index (χ1n) is 4.26. The van der Waals surface area contributed by atoms with Gasteiger partial charge in [-0.25, -0.2) is 5.84 Å². The largest absolute Gasteiger partial charge is 0.290 e. The first-order chi connectivity index (χ1) is 7.63. The number of H-pyrrole nitrogens is 1. The topological polar surface area (TPSA) is 127 Å². The number of aromatic nitrogens is 2. The average molecular weight is 221 g/mol. The van der Waals surface area contributed by atoms with E-state index in [2.05, 4.69) is 10.2 Å². The van der Waals surface area contributed by atoms with Crippen LogP contribution in [-0.2, 0) is 0 Å². The normalized spacial score (nSPS) is 10.3. The number of nitro groups is 1. The zero-order valence-corrected chi connectivity index (χ0v) is 7.93. The molecular formula is C8H7N5O3. The van der Waals surface area contributed by atoms with Crippen LogP contribution in [0.25, 0.3) is 10.9 Å². The Bertz CT molecular complexity index is 576. The maximum atomic E-state index is 11.4. The van der Waals surface area contributed by atoms with Crippen LogP contribution in [0.4, 0.5) is 5.69 Å². The maximum Gasteiger partial charge on any atom is 0.272 e. The lowest BCUT2D eigenvalue weighted by molar-refractivity contribution is -0.384. The Hall–Kier alpha value is -2.48. The van der Waals surface area contributed by atoms with Crippen molar-refractivity contribution in [3.63, 3.8) is 0 Å². The van der Waals surface area contributed by atoms with E-state index in [1.54, 1.807) is 0 Å². The molecule has 0 bridgehead atoms. The number of nitro benzene ring substituents is 1. The van der Waals surface area contributed by atoms with Gasteiger partial charge in [0.2, 0.25) is 0 Å². The molecule has 1 aromatic heterocycles. The van der Waals surface area contributed by atoms with E-state index in [0.717, 1.165) is 6.07 Å². The summed E-state index contributed by atoms with van der Waals surface area (Å²) in [6.07, 6.45) is 1.41. The fourth-order valence-electron chi connectivity index (χ4n) is 1.41. The zero-order chi connectivity index (χ0) is 11.7. The first-order valence-corrected chi connectivity index (χ1v) is 4.26. The number of nitrogens with one attached hydrogen (secondary N) is 2. The molecular weight excluding hydrogens is 214 g/mol. The number of nitrogens with two attached hydrogens (primary N) is 1. The van der Waals surface area contributed by atoms with Gasteiger partial charge >= 0.3 is 0 Å². The fourth-order valence-corrected chi connectivity index (χ4v) is 1.41. The van der Waals surface area contributed by atoms with Gasteiger partial charge in [-0.2, -0.15) is 5.10 Å². The minimum atomic E-state index is -0.602. The molecule has 4 N–H and O–H groups in total. The van der Waals surface area contributed by atoms with Crippen molar-refractivity contribution < 1.29 is 9.72 Å². The second-order valence-corrected chi connectivity index (χ2v) is 3.06. The van der Waals surface area contributed by atoms with Crippen LogP contribution in [0.1, 0.15) is 10.4 Å². The van der Waals surface area contributed by atoms with Crippen LogP contribution in [0.5, 0.6) is 0 Å². The van der Waals surface area contributed by atoms with Gasteiger partial charge in [-0.05, 0) is 0 Å². The number of fused-ring (bicyclic) bond motifs is 1. The average Bonchev–Trinajstić information content (AvgIpc) is 2.74. The summed E-state index contributed by atoms with van der Waals surface area (Å²) in [6.45, 7) is 0. The number of nitrogen functional groups attached to an aromatic ring is 1. The molecule has 0 aliphatic rings. The molecule has 0 aliphatic carbocycles. The molecule has 82 valence electrons. The number of hydrogen-bond acceptors (Lipinski definition) is 5. The van der Waals surface area contributed by atoms with E-state index in [1.807, 2.05) is 5.43 Å². The van der Waals surface area contributed by atoms with Crippen molar-refractivity contribution in [3.8, 4) is 0 Å². The molecule has 0 radical (unpaired) electrons. The summed E-state index contributed by atoms with van der Waals surface area (Å²) in [7, 11) is 0. The molecule has 0 atom stereocenters. The monoisotopic (exact) mass is 221 g/mol. The summed E-state index contributed by atoms with van der Waals surface area (Å²) in [6, 6.07) is 2.45. The van der Waals surface area contributed by atoms with E-state index >= 15 is 0 Å². The number of non-ortho nitro benzene ring substituents is 1. The van der Waals surface area contributed by atoms with Gasteiger partial charge in [-0.3, -0.25) is 25.4 Å². The lowest BCUT2D eigenvalue weighted by atomic mass is 10.1. The third-order valence-corrected chi connectivity index (χ3v) is 2.13. The predicted molar refractivity (Wildman–Crippen MR) is 54.4 cm³/mol. The minimum absolute atomic E-state index is 0.112. The van der Waals surface area contributed by atoms with Crippen molar-refractivity contribution in [3.05, 3.63) is 34.0 Å². The summed E-state index contributed by atoms with van der Waals surface area (Å²) >= 11 is 0. The number of nitrogens with zero attached hydrogens (tertiary/aromatic N) is 2. The molecule has 0 spiro atoms. The van der Waals surface area contributed by atoms with Gasteiger partial charge in [-0.15, -0.1) is 0 Å². The van der Waals surface area contributed by atoms with Crippen molar-refractivity contribution in [2.75, 3.05) is 0 Å². The third kappa shape index (κ3) is 1.46. The van der Waals surface area contributed by atoms with Crippen LogP contribution < -0.4 is 11.3 Å². The Morgan fingerprint density at radius 1 is 1.56 bits per heavy atom. The van der Waals surface area contributed by atoms with Gasteiger partial charge in [0.25, 0.3) is 11.6 Å². The van der Waals surface area contributed by atoms with Crippen LogP contribution in [-0.4, -0.2) is 21.0 Å². The van der Waals surface area contributed by atoms with E-state index in [0.29, 0.717) is 10.9 Å². The van der Waals surface area contributed by atoms with E-state index in [4.69, 9.17) is 5.84 Å². The molecule has 0 fully saturated rings. The molecule has 2 aromatic rings. The fraction of sp³-hybridized carbons (Fsp3) is 0. The molecule has 16 heavy (non-hydrogen) atoms. The van der Waals surface area contributed by atoms with Gasteiger partial charge in [-0.1, -0.05) is 0 Å². The van der Waals surface area contributed by atoms with Crippen molar-refractivity contribution in [1.82, 2.24) is 15.6 Å². The van der Waals surface area contributed by atoms with Crippen molar-refractivity contribution in [2.24, 2.45) is 5.84 Å². The van der Waals surface area contributed by atoms with Crippen LogP contribution in [0, 0.1) is 10.1 Å². The number of amides is 1. The van der Waals surface area contributed by atoms with Crippen LogP contribution in [0.3, 0.4) is 0 Å². The second kappa shape index (κ2) is 3.59. The van der Waals surface area contributed by atoms with Crippen molar-refractivity contribution in [2.45, 2.75) is 0 Å². The zero-order valence-electron chi connectivity index (χ0n) is 7.93. The number of carbonyl (C=O) groups excluding carboxylic acids is 1. The van der Waals surface area contributed by atoms with Crippen LogP contribution >= 0.6 is 0 Å². The number of aromatic amines is 1. The molecule has 1 aromatic carbocycles. The van der Waals surface area contributed by atoms with Gasteiger partial charge in [0.05, 0.1) is 22.2 Å². The molecule has 8 heteroatoms. The number of carbonyl (C=O) groups is 1. The summed E-state index contributed by atoms with van der Waals surface area (Å²) in [5.41, 5.74) is 2.25. The lowest BCUT2D eigenvalue weighted by Crippen LogP contribution is -2.30. The van der Waals surface area contributed by atoms with E-state index in [9.17, 15) is 14.9 Å². The highest BCUT2D eigenvalue weighted by atomic mass is 16.6. The van der Waals surface area contributed by atoms with Crippen LogP contribution in [0.2, 0.25) is 0 Å². The van der Waals surface area contributed by atoms with E-state index in [1.165, 1.54) is 12.3 Å². The summed E-state index contributed by atoms with van der Waals surface area (Å²) in [4.78, 5) is 21.4. The third-order valence-electron chi connectivity index (χ3n) is 2.13. The predicted octanol–water partition coefficient (Wildman–Crippen LogP) is 0.0746. The molecule has 0 aliphatic heterocycles. The number of rotatable bonds is 2. The minimum Gasteiger partial charge on any atom is -0.290 e. The molecule has 8 nitrogen and oxygen atoms in total. The molecule has 1 amide bonds. The Kier molecular flexibility index (Phi) is 2.25. The second-order valence-electron chi connectivity index (χ2n) is 3.06. The van der Waals surface area contributed by atoms with Gasteiger partial charge in [0.15, 0.2) is 0 Å². The highest BCUT2D eigenvalue weighted by Gasteiger charge is 2.17. The summed E-state index contributed by atoms with van der Waals surface area (Å²) in [5.74, 6) is 4.39. The lowest BCUT2D eigenvalue weighted by Gasteiger charge is -2.01. The molecule has 0 unspecified atom stereocenters. The first kappa shape index (κ1) is 10.1.